The second-order valence-electron chi connectivity index (χ2n) is 3.55. The van der Waals surface area contributed by atoms with Gasteiger partial charge in [-0.3, -0.25) is 4.79 Å². The Morgan fingerprint density at radius 2 is 2.25 bits per heavy atom. The molecule has 1 aliphatic rings. The van der Waals surface area contributed by atoms with Gasteiger partial charge in [0.2, 0.25) is 5.91 Å². The molecule has 0 radical (unpaired) electrons. The lowest BCUT2D eigenvalue weighted by molar-refractivity contribution is -0.117. The second-order valence-corrected chi connectivity index (χ2v) is 4.29. The number of hydrogen-bond acceptors (Lipinski definition) is 3. The molecule has 0 aromatic carbocycles. The molecule has 1 aromatic rings. The topological polar surface area (TPSA) is 46.1 Å². The third kappa shape index (κ3) is 2.03. The van der Waals surface area contributed by atoms with Gasteiger partial charge < -0.3 is 4.90 Å². The highest BCUT2D eigenvalue weighted by Gasteiger charge is 2.30. The SMILES string of the molecule is C=CC1CC(=O)N(c2cc(Cl)nnc2Cl)C1. The van der Waals surface area contributed by atoms with Crippen LogP contribution >= 0.6 is 23.2 Å². The molecule has 1 fully saturated rings. The van der Waals surface area contributed by atoms with Gasteiger partial charge in [0.05, 0.1) is 5.69 Å². The van der Waals surface area contributed by atoms with Crippen molar-refractivity contribution in [3.8, 4) is 0 Å². The summed E-state index contributed by atoms with van der Waals surface area (Å²) >= 11 is 11.6. The van der Waals surface area contributed by atoms with Crippen LogP contribution < -0.4 is 4.90 Å². The molecule has 1 atom stereocenters. The summed E-state index contributed by atoms with van der Waals surface area (Å²) < 4.78 is 0. The molecule has 16 heavy (non-hydrogen) atoms. The summed E-state index contributed by atoms with van der Waals surface area (Å²) in [4.78, 5) is 13.3. The molecule has 0 saturated carbocycles. The minimum Gasteiger partial charge on any atom is -0.309 e. The molecule has 1 amide bonds. The van der Waals surface area contributed by atoms with Crippen molar-refractivity contribution in [3.63, 3.8) is 0 Å². The maximum absolute atomic E-state index is 11.7. The van der Waals surface area contributed by atoms with Crippen LogP contribution in [0.1, 0.15) is 6.42 Å². The van der Waals surface area contributed by atoms with Crippen LogP contribution in [0, 0.1) is 5.92 Å². The fourth-order valence-electron chi connectivity index (χ4n) is 1.66. The lowest BCUT2D eigenvalue weighted by Crippen LogP contribution is -2.25. The van der Waals surface area contributed by atoms with E-state index in [0.29, 0.717) is 18.7 Å². The molecule has 6 heteroatoms. The van der Waals surface area contributed by atoms with Crippen molar-refractivity contribution in [1.29, 1.82) is 0 Å². The molecule has 84 valence electrons. The van der Waals surface area contributed by atoms with Crippen molar-refractivity contribution in [2.45, 2.75) is 6.42 Å². The Morgan fingerprint density at radius 3 is 2.88 bits per heavy atom. The quantitative estimate of drug-likeness (QED) is 0.765. The predicted molar refractivity (Wildman–Crippen MR) is 62.7 cm³/mol. The molecule has 0 bridgehead atoms. The first-order valence-electron chi connectivity index (χ1n) is 4.73. The van der Waals surface area contributed by atoms with Gasteiger partial charge in [-0.25, -0.2) is 0 Å². The van der Waals surface area contributed by atoms with Gasteiger partial charge >= 0.3 is 0 Å². The van der Waals surface area contributed by atoms with Crippen LogP contribution in [0.2, 0.25) is 10.3 Å². The van der Waals surface area contributed by atoms with Crippen molar-refractivity contribution >= 4 is 34.8 Å². The third-order valence-corrected chi connectivity index (χ3v) is 2.93. The summed E-state index contributed by atoms with van der Waals surface area (Å²) in [5.74, 6) is 0.145. The summed E-state index contributed by atoms with van der Waals surface area (Å²) in [7, 11) is 0. The highest BCUT2D eigenvalue weighted by atomic mass is 35.5. The molecule has 1 saturated heterocycles. The standard InChI is InChI=1S/C10H9Cl2N3O/c1-2-6-3-9(16)15(5-6)7-4-8(11)13-14-10(7)12/h2,4,6H,1,3,5H2. The highest BCUT2D eigenvalue weighted by Crippen LogP contribution is 2.31. The van der Waals surface area contributed by atoms with Gasteiger partial charge in [0, 0.05) is 24.9 Å². The molecular weight excluding hydrogens is 249 g/mol. The Labute approximate surface area is 103 Å². The summed E-state index contributed by atoms with van der Waals surface area (Å²) in [6, 6.07) is 1.54. The summed E-state index contributed by atoms with van der Waals surface area (Å²) in [6.07, 6.45) is 2.21. The van der Waals surface area contributed by atoms with Gasteiger partial charge in [-0.1, -0.05) is 29.3 Å². The van der Waals surface area contributed by atoms with Crippen molar-refractivity contribution in [3.05, 3.63) is 29.0 Å². The monoisotopic (exact) mass is 257 g/mol. The number of halogens is 2. The summed E-state index contributed by atoms with van der Waals surface area (Å²) in [5.41, 5.74) is 0.510. The van der Waals surface area contributed by atoms with E-state index in [1.807, 2.05) is 0 Å². The first-order chi connectivity index (χ1) is 7.61. The van der Waals surface area contributed by atoms with E-state index in [1.54, 1.807) is 17.0 Å². The van der Waals surface area contributed by atoms with Crippen LogP contribution in [0.25, 0.3) is 0 Å². The molecular formula is C10H9Cl2N3O. The molecule has 4 nitrogen and oxygen atoms in total. The van der Waals surface area contributed by atoms with Crippen LogP contribution in [0.3, 0.4) is 0 Å². The largest absolute Gasteiger partial charge is 0.309 e. The van der Waals surface area contributed by atoms with E-state index in [0.717, 1.165) is 0 Å². The van der Waals surface area contributed by atoms with Crippen LogP contribution in [-0.2, 0) is 4.79 Å². The maximum Gasteiger partial charge on any atom is 0.227 e. The molecule has 1 aromatic heterocycles. The van der Waals surface area contributed by atoms with E-state index < -0.39 is 0 Å². The van der Waals surface area contributed by atoms with Crippen molar-refractivity contribution in [2.24, 2.45) is 5.92 Å². The first kappa shape index (κ1) is 11.4. The molecule has 1 unspecified atom stereocenters. The predicted octanol–water partition coefficient (Wildman–Crippen LogP) is 2.32. The van der Waals surface area contributed by atoms with Gasteiger partial charge in [0.1, 0.15) is 0 Å². The van der Waals surface area contributed by atoms with Gasteiger partial charge in [-0.15, -0.1) is 16.8 Å². The van der Waals surface area contributed by atoms with E-state index in [4.69, 9.17) is 23.2 Å². The average molecular weight is 258 g/mol. The Bertz CT molecular complexity index is 450. The summed E-state index contributed by atoms with van der Waals surface area (Å²) in [5, 5.41) is 7.67. The minimum absolute atomic E-state index is 0.00383. The molecule has 0 aliphatic carbocycles. The van der Waals surface area contributed by atoms with E-state index in [9.17, 15) is 4.79 Å². The fraction of sp³-hybridized carbons (Fsp3) is 0.300. The first-order valence-corrected chi connectivity index (χ1v) is 5.49. The fourth-order valence-corrected chi connectivity index (χ4v) is 1.99. The number of aromatic nitrogens is 2. The van der Waals surface area contributed by atoms with E-state index >= 15 is 0 Å². The van der Waals surface area contributed by atoms with Gasteiger partial charge in [-0.2, -0.15) is 0 Å². The van der Waals surface area contributed by atoms with E-state index in [-0.39, 0.29) is 22.1 Å². The Kier molecular flexibility index (Phi) is 3.12. The van der Waals surface area contributed by atoms with Crippen LogP contribution in [0.5, 0.6) is 0 Å². The lowest BCUT2D eigenvalue weighted by atomic mass is 10.1. The zero-order chi connectivity index (χ0) is 11.7. The maximum atomic E-state index is 11.7. The molecule has 1 aliphatic heterocycles. The van der Waals surface area contributed by atoms with Crippen molar-refractivity contribution in [1.82, 2.24) is 10.2 Å². The average Bonchev–Trinajstić information content (AvgIpc) is 2.63. The summed E-state index contributed by atoms with van der Waals surface area (Å²) in [6.45, 7) is 4.24. The number of nitrogens with zero attached hydrogens (tertiary/aromatic N) is 3. The third-order valence-electron chi connectivity index (χ3n) is 2.48. The molecule has 0 N–H and O–H groups in total. The highest BCUT2D eigenvalue weighted by molar-refractivity contribution is 6.34. The zero-order valence-electron chi connectivity index (χ0n) is 8.36. The smallest absolute Gasteiger partial charge is 0.227 e. The lowest BCUT2D eigenvalue weighted by Gasteiger charge is -2.16. The van der Waals surface area contributed by atoms with E-state index in [1.165, 1.54) is 0 Å². The minimum atomic E-state index is -0.00383. The second kappa shape index (κ2) is 4.39. The van der Waals surface area contributed by atoms with Gasteiger partial charge in [0.15, 0.2) is 10.3 Å². The van der Waals surface area contributed by atoms with Crippen LogP contribution in [-0.4, -0.2) is 22.6 Å². The van der Waals surface area contributed by atoms with Gasteiger partial charge in [-0.05, 0) is 0 Å². The number of rotatable bonds is 2. The molecule has 2 heterocycles. The van der Waals surface area contributed by atoms with Crippen LogP contribution in [0.4, 0.5) is 5.69 Å². The van der Waals surface area contributed by atoms with Gasteiger partial charge in [0.25, 0.3) is 0 Å². The Hall–Kier alpha value is -1.13. The zero-order valence-corrected chi connectivity index (χ0v) is 9.87. The molecule has 0 spiro atoms. The van der Waals surface area contributed by atoms with E-state index in [2.05, 4.69) is 16.8 Å². The normalized spacial score (nSPS) is 20.2. The van der Waals surface area contributed by atoms with Crippen molar-refractivity contribution in [2.75, 3.05) is 11.4 Å². The number of amides is 1. The Balaban J connectivity index is 2.34. The Morgan fingerprint density at radius 1 is 1.50 bits per heavy atom. The number of anilines is 1. The van der Waals surface area contributed by atoms with Crippen molar-refractivity contribution < 1.29 is 4.79 Å². The number of carbonyl (C=O) groups is 1. The number of carbonyl (C=O) groups excluding carboxylic acids is 1. The van der Waals surface area contributed by atoms with Crippen LogP contribution in [0.15, 0.2) is 18.7 Å². The number of hydrogen-bond donors (Lipinski definition) is 0. The molecule has 2 rings (SSSR count).